The van der Waals surface area contributed by atoms with Crippen molar-refractivity contribution < 1.29 is 9.59 Å². The molecule has 1 saturated carbocycles. The first-order valence-electron chi connectivity index (χ1n) is 7.77. The zero-order valence-corrected chi connectivity index (χ0v) is 12.3. The van der Waals surface area contributed by atoms with Gasteiger partial charge in [0.2, 0.25) is 11.8 Å². The molecular weight excluding hydrogens is 268 g/mol. The van der Waals surface area contributed by atoms with E-state index in [2.05, 4.69) is 10.3 Å². The average molecular weight is 290 g/mol. The number of hydrogen-bond acceptors (Lipinski definition) is 3. The highest BCUT2D eigenvalue weighted by Gasteiger charge is 2.49. The van der Waals surface area contributed by atoms with Gasteiger partial charge in [-0.1, -0.05) is 19.3 Å². The number of carbonyl (C=O) groups is 2. The van der Waals surface area contributed by atoms with Gasteiger partial charge in [0.15, 0.2) is 0 Å². The first-order valence-corrected chi connectivity index (χ1v) is 7.77. The van der Waals surface area contributed by atoms with Crippen LogP contribution in [0.1, 0.15) is 38.5 Å². The second-order valence-corrected chi connectivity index (χ2v) is 5.97. The minimum Gasteiger partial charge on any atom is -0.345 e. The number of nitrogens with zero attached hydrogens (tertiary/aromatic N) is 3. The maximum absolute atomic E-state index is 12.4. The van der Waals surface area contributed by atoms with E-state index in [-0.39, 0.29) is 18.4 Å². The highest BCUT2D eigenvalue weighted by Crippen LogP contribution is 2.35. The van der Waals surface area contributed by atoms with Crippen LogP contribution in [0.15, 0.2) is 18.7 Å². The van der Waals surface area contributed by atoms with Crippen molar-refractivity contribution in [2.75, 3.05) is 13.1 Å². The topological polar surface area (TPSA) is 67.2 Å². The average Bonchev–Trinajstić information content (AvgIpc) is 3.01. The third-order valence-electron chi connectivity index (χ3n) is 4.68. The number of hydrogen-bond donors (Lipinski definition) is 1. The molecule has 2 aliphatic rings. The van der Waals surface area contributed by atoms with Gasteiger partial charge in [-0.2, -0.15) is 0 Å². The van der Waals surface area contributed by atoms with E-state index in [1.54, 1.807) is 12.5 Å². The van der Waals surface area contributed by atoms with Crippen molar-refractivity contribution in [3.8, 4) is 0 Å². The molecule has 1 aliphatic heterocycles. The minimum atomic E-state index is -0.581. The molecule has 3 rings (SSSR count). The number of aryl methyl sites for hydroxylation is 1. The molecule has 1 aromatic heterocycles. The van der Waals surface area contributed by atoms with Crippen molar-refractivity contribution in [2.24, 2.45) is 0 Å². The van der Waals surface area contributed by atoms with Crippen LogP contribution in [0.5, 0.6) is 0 Å². The molecule has 1 N–H and O–H groups in total. The molecule has 0 radical (unpaired) electrons. The zero-order chi connectivity index (χ0) is 14.7. The Morgan fingerprint density at radius 1 is 1.19 bits per heavy atom. The van der Waals surface area contributed by atoms with Crippen LogP contribution in [0.2, 0.25) is 0 Å². The largest absolute Gasteiger partial charge is 0.345 e. The molecule has 0 aromatic carbocycles. The summed E-state index contributed by atoms with van der Waals surface area (Å²) in [4.78, 5) is 30.6. The summed E-state index contributed by atoms with van der Waals surface area (Å²) in [5.74, 6) is 0.103. The monoisotopic (exact) mass is 290 g/mol. The SMILES string of the molecule is O=C1CNC(=O)C2(CCCCC2)N1CCCn1ccnc1. The fourth-order valence-electron chi connectivity index (χ4n) is 3.58. The molecule has 2 fully saturated rings. The van der Waals surface area contributed by atoms with E-state index < -0.39 is 5.54 Å². The highest BCUT2D eigenvalue weighted by molar-refractivity contribution is 5.98. The van der Waals surface area contributed by atoms with Crippen LogP contribution in [-0.2, 0) is 16.1 Å². The molecule has 21 heavy (non-hydrogen) atoms. The van der Waals surface area contributed by atoms with Crippen LogP contribution in [0.25, 0.3) is 0 Å². The fraction of sp³-hybridized carbons (Fsp3) is 0.667. The lowest BCUT2D eigenvalue weighted by atomic mass is 9.78. The number of carbonyl (C=O) groups excluding carboxylic acids is 2. The van der Waals surface area contributed by atoms with E-state index in [1.165, 1.54) is 0 Å². The molecule has 0 unspecified atom stereocenters. The van der Waals surface area contributed by atoms with Crippen molar-refractivity contribution in [3.63, 3.8) is 0 Å². The van der Waals surface area contributed by atoms with Crippen LogP contribution in [-0.4, -0.2) is 44.9 Å². The number of nitrogens with one attached hydrogen (secondary N) is 1. The highest BCUT2D eigenvalue weighted by atomic mass is 16.2. The summed E-state index contributed by atoms with van der Waals surface area (Å²) in [7, 11) is 0. The van der Waals surface area contributed by atoms with Crippen molar-refractivity contribution >= 4 is 11.8 Å². The Hall–Kier alpha value is -1.85. The van der Waals surface area contributed by atoms with E-state index in [1.807, 2.05) is 15.7 Å². The summed E-state index contributed by atoms with van der Waals surface area (Å²) in [6.45, 7) is 1.61. The van der Waals surface area contributed by atoms with Gasteiger partial charge in [-0.15, -0.1) is 0 Å². The molecule has 1 aromatic rings. The van der Waals surface area contributed by atoms with Gasteiger partial charge in [-0.05, 0) is 19.3 Å². The van der Waals surface area contributed by atoms with Gasteiger partial charge < -0.3 is 14.8 Å². The second-order valence-electron chi connectivity index (χ2n) is 5.97. The molecular formula is C15H22N4O2. The van der Waals surface area contributed by atoms with E-state index in [0.29, 0.717) is 6.54 Å². The fourth-order valence-corrected chi connectivity index (χ4v) is 3.58. The van der Waals surface area contributed by atoms with Gasteiger partial charge in [0, 0.05) is 25.5 Å². The Bertz CT molecular complexity index is 506. The van der Waals surface area contributed by atoms with Gasteiger partial charge in [0.25, 0.3) is 0 Å². The lowest BCUT2D eigenvalue weighted by molar-refractivity contribution is -0.156. The number of imidazole rings is 1. The first-order chi connectivity index (χ1) is 10.2. The molecule has 1 spiro atoms. The predicted molar refractivity (Wildman–Crippen MR) is 77.4 cm³/mol. The van der Waals surface area contributed by atoms with Crippen LogP contribution in [0.4, 0.5) is 0 Å². The van der Waals surface area contributed by atoms with Crippen LogP contribution in [0, 0.1) is 0 Å². The van der Waals surface area contributed by atoms with E-state index >= 15 is 0 Å². The Morgan fingerprint density at radius 2 is 2.00 bits per heavy atom. The lowest BCUT2D eigenvalue weighted by Crippen LogP contribution is -2.67. The zero-order valence-electron chi connectivity index (χ0n) is 12.3. The summed E-state index contributed by atoms with van der Waals surface area (Å²) in [5, 5.41) is 2.78. The van der Waals surface area contributed by atoms with Crippen LogP contribution in [0.3, 0.4) is 0 Å². The predicted octanol–water partition coefficient (Wildman–Crippen LogP) is 0.934. The van der Waals surface area contributed by atoms with Gasteiger partial charge >= 0.3 is 0 Å². The normalized spacial score (nSPS) is 21.6. The summed E-state index contributed by atoms with van der Waals surface area (Å²) in [6, 6.07) is 0. The first kappa shape index (κ1) is 14.1. The third kappa shape index (κ3) is 2.66. The summed E-state index contributed by atoms with van der Waals surface area (Å²) < 4.78 is 2.00. The summed E-state index contributed by atoms with van der Waals surface area (Å²) in [6.07, 6.45) is 11.1. The number of aromatic nitrogens is 2. The molecule has 6 heteroatoms. The minimum absolute atomic E-state index is 0.0458. The number of rotatable bonds is 4. The molecule has 1 aliphatic carbocycles. The Balaban J connectivity index is 1.69. The van der Waals surface area contributed by atoms with E-state index in [0.717, 1.165) is 45.1 Å². The summed E-state index contributed by atoms with van der Waals surface area (Å²) in [5.41, 5.74) is -0.581. The Labute approximate surface area is 124 Å². The molecule has 2 heterocycles. The Kier molecular flexibility index (Phi) is 3.94. The molecule has 6 nitrogen and oxygen atoms in total. The number of piperazine rings is 1. The third-order valence-corrected chi connectivity index (χ3v) is 4.68. The van der Waals surface area contributed by atoms with Crippen LogP contribution >= 0.6 is 0 Å². The molecule has 114 valence electrons. The maximum atomic E-state index is 12.4. The molecule has 2 amide bonds. The van der Waals surface area contributed by atoms with Crippen LogP contribution < -0.4 is 5.32 Å². The van der Waals surface area contributed by atoms with Gasteiger partial charge in [-0.25, -0.2) is 4.98 Å². The van der Waals surface area contributed by atoms with E-state index in [4.69, 9.17) is 0 Å². The second kappa shape index (κ2) is 5.87. The molecule has 0 bridgehead atoms. The quantitative estimate of drug-likeness (QED) is 0.897. The Morgan fingerprint density at radius 3 is 2.71 bits per heavy atom. The van der Waals surface area contributed by atoms with Crippen molar-refractivity contribution in [1.29, 1.82) is 0 Å². The molecule has 1 saturated heterocycles. The van der Waals surface area contributed by atoms with Crippen molar-refractivity contribution in [3.05, 3.63) is 18.7 Å². The molecule has 0 atom stereocenters. The van der Waals surface area contributed by atoms with Gasteiger partial charge in [-0.3, -0.25) is 9.59 Å². The van der Waals surface area contributed by atoms with Crippen molar-refractivity contribution in [2.45, 2.75) is 50.6 Å². The smallest absolute Gasteiger partial charge is 0.246 e. The maximum Gasteiger partial charge on any atom is 0.246 e. The van der Waals surface area contributed by atoms with Gasteiger partial charge in [0.05, 0.1) is 12.9 Å². The standard InChI is InChI=1S/C15H22N4O2/c20-13-11-17-14(21)15(5-2-1-3-6-15)19(13)9-4-8-18-10-7-16-12-18/h7,10,12H,1-6,8-9,11H2,(H,17,21). The lowest BCUT2D eigenvalue weighted by Gasteiger charge is -2.48. The number of amides is 2. The van der Waals surface area contributed by atoms with E-state index in [9.17, 15) is 9.59 Å². The van der Waals surface area contributed by atoms with Gasteiger partial charge in [0.1, 0.15) is 5.54 Å². The van der Waals surface area contributed by atoms with Crippen molar-refractivity contribution in [1.82, 2.24) is 19.8 Å². The summed E-state index contributed by atoms with van der Waals surface area (Å²) >= 11 is 0.